The van der Waals surface area contributed by atoms with Crippen LogP contribution in [-0.2, 0) is 4.79 Å². The third kappa shape index (κ3) is 2.71. The highest BCUT2D eigenvalue weighted by atomic mass is 16.4. The second kappa shape index (κ2) is 4.78. The van der Waals surface area contributed by atoms with Gasteiger partial charge in [0, 0.05) is 0 Å². The lowest BCUT2D eigenvalue weighted by atomic mass is 9.80. The van der Waals surface area contributed by atoms with Crippen molar-refractivity contribution >= 4 is 5.97 Å². The van der Waals surface area contributed by atoms with Crippen LogP contribution >= 0.6 is 0 Å². The Morgan fingerprint density at radius 1 is 1.14 bits per heavy atom. The third-order valence-corrected chi connectivity index (χ3v) is 3.33. The summed E-state index contributed by atoms with van der Waals surface area (Å²) in [6, 6.07) is 0. The fourth-order valence-corrected chi connectivity index (χ4v) is 2.19. The number of carboxylic acid groups (broad SMARTS) is 1. The first kappa shape index (κ1) is 11.5. The van der Waals surface area contributed by atoms with Gasteiger partial charge in [-0.25, -0.2) is 4.79 Å². The molecule has 0 aromatic rings. The first-order valence-electron chi connectivity index (χ1n) is 5.51. The van der Waals surface area contributed by atoms with Gasteiger partial charge in [0.15, 0.2) is 5.60 Å². The highest BCUT2D eigenvalue weighted by molar-refractivity contribution is 5.76. The molecule has 0 radical (unpaired) electrons. The molecule has 1 fully saturated rings. The molecule has 1 aliphatic rings. The van der Waals surface area contributed by atoms with Crippen LogP contribution in [0.15, 0.2) is 0 Å². The van der Waals surface area contributed by atoms with Gasteiger partial charge < -0.3 is 10.2 Å². The van der Waals surface area contributed by atoms with Gasteiger partial charge in [0.25, 0.3) is 0 Å². The largest absolute Gasteiger partial charge is 0.479 e. The van der Waals surface area contributed by atoms with Gasteiger partial charge in [0.2, 0.25) is 0 Å². The zero-order valence-corrected chi connectivity index (χ0v) is 8.83. The minimum absolute atomic E-state index is 0.0692. The van der Waals surface area contributed by atoms with Gasteiger partial charge in [-0.05, 0) is 25.7 Å². The maximum absolute atomic E-state index is 10.9. The normalized spacial score (nSPS) is 24.7. The molecule has 14 heavy (non-hydrogen) atoms. The number of aliphatic hydroxyl groups is 1. The van der Waals surface area contributed by atoms with E-state index in [0.717, 1.165) is 25.7 Å². The quantitative estimate of drug-likeness (QED) is 0.718. The molecule has 0 aromatic carbocycles. The zero-order chi connectivity index (χ0) is 10.6. The molecule has 1 rings (SSSR count). The van der Waals surface area contributed by atoms with Crippen molar-refractivity contribution in [3.8, 4) is 0 Å². The number of carboxylic acids is 1. The molecule has 0 saturated heterocycles. The molecular weight excluding hydrogens is 180 g/mol. The Balaban J connectivity index is 2.59. The van der Waals surface area contributed by atoms with E-state index >= 15 is 0 Å². The molecule has 2 N–H and O–H groups in total. The molecule has 1 atom stereocenters. The Hall–Kier alpha value is -0.570. The molecule has 0 amide bonds. The second-order valence-corrected chi connectivity index (χ2v) is 4.49. The van der Waals surface area contributed by atoms with Gasteiger partial charge in [0.05, 0.1) is 0 Å². The summed E-state index contributed by atoms with van der Waals surface area (Å²) in [6.45, 7) is 1.43. The van der Waals surface area contributed by atoms with Crippen molar-refractivity contribution in [1.82, 2.24) is 0 Å². The number of hydrogen-bond acceptors (Lipinski definition) is 2. The monoisotopic (exact) mass is 200 g/mol. The van der Waals surface area contributed by atoms with Gasteiger partial charge in [-0.1, -0.05) is 32.1 Å². The van der Waals surface area contributed by atoms with Crippen molar-refractivity contribution in [2.45, 2.75) is 57.5 Å². The minimum Gasteiger partial charge on any atom is -0.479 e. The molecule has 3 nitrogen and oxygen atoms in total. The summed E-state index contributed by atoms with van der Waals surface area (Å²) in [7, 11) is 0. The Morgan fingerprint density at radius 3 is 2.00 bits per heavy atom. The van der Waals surface area contributed by atoms with Gasteiger partial charge in [-0.3, -0.25) is 0 Å². The highest BCUT2D eigenvalue weighted by Crippen LogP contribution is 2.31. The van der Waals surface area contributed by atoms with Crippen LogP contribution in [0.4, 0.5) is 0 Å². The fourth-order valence-electron chi connectivity index (χ4n) is 2.19. The molecule has 0 aliphatic heterocycles. The third-order valence-electron chi connectivity index (χ3n) is 3.33. The Bertz CT molecular complexity index is 191. The highest BCUT2D eigenvalue weighted by Gasteiger charge is 2.38. The maximum atomic E-state index is 10.9. The molecule has 82 valence electrons. The topological polar surface area (TPSA) is 57.5 Å². The maximum Gasteiger partial charge on any atom is 0.335 e. The molecule has 0 bridgehead atoms. The van der Waals surface area contributed by atoms with Crippen LogP contribution in [0.5, 0.6) is 0 Å². The summed E-state index contributed by atoms with van der Waals surface area (Å²) >= 11 is 0. The average Bonchev–Trinajstić information content (AvgIpc) is 2.01. The lowest BCUT2D eigenvalue weighted by Gasteiger charge is -2.30. The molecule has 3 heteroatoms. The van der Waals surface area contributed by atoms with Crippen LogP contribution in [0.2, 0.25) is 0 Å². The molecule has 0 aromatic heterocycles. The summed E-state index contributed by atoms with van der Waals surface area (Å²) < 4.78 is 0. The SMILES string of the molecule is CC(O)(C(=O)O)C1CCCCCCC1. The van der Waals surface area contributed by atoms with Crippen LogP contribution in [0, 0.1) is 5.92 Å². The predicted octanol–water partition coefficient (Wildman–Crippen LogP) is 2.18. The molecule has 1 aliphatic carbocycles. The van der Waals surface area contributed by atoms with E-state index in [4.69, 9.17) is 5.11 Å². The standard InChI is InChI=1S/C11H20O3/c1-11(14,10(12)13)9-7-5-3-2-4-6-8-9/h9,14H,2-8H2,1H3,(H,12,13). The fraction of sp³-hybridized carbons (Fsp3) is 0.909. The number of rotatable bonds is 2. The van der Waals surface area contributed by atoms with E-state index < -0.39 is 11.6 Å². The summed E-state index contributed by atoms with van der Waals surface area (Å²) in [6.07, 6.45) is 7.39. The summed E-state index contributed by atoms with van der Waals surface area (Å²) in [4.78, 5) is 10.9. The van der Waals surface area contributed by atoms with Crippen LogP contribution in [0.3, 0.4) is 0 Å². The first-order chi connectivity index (χ1) is 6.55. The number of carbonyl (C=O) groups is 1. The van der Waals surface area contributed by atoms with Gasteiger partial charge in [0.1, 0.15) is 0 Å². The number of hydrogen-bond donors (Lipinski definition) is 2. The van der Waals surface area contributed by atoms with Crippen LogP contribution < -0.4 is 0 Å². The van der Waals surface area contributed by atoms with E-state index in [1.807, 2.05) is 0 Å². The van der Waals surface area contributed by atoms with E-state index in [1.165, 1.54) is 26.2 Å². The molecular formula is C11H20O3. The van der Waals surface area contributed by atoms with E-state index in [1.54, 1.807) is 0 Å². The molecule has 1 saturated carbocycles. The lowest BCUT2D eigenvalue weighted by molar-refractivity contribution is -0.163. The predicted molar refractivity (Wildman–Crippen MR) is 54.1 cm³/mol. The Labute approximate surface area is 85.1 Å². The Morgan fingerprint density at radius 2 is 1.57 bits per heavy atom. The minimum atomic E-state index is -1.53. The van der Waals surface area contributed by atoms with Crippen LogP contribution in [-0.4, -0.2) is 21.8 Å². The van der Waals surface area contributed by atoms with Crippen molar-refractivity contribution in [1.29, 1.82) is 0 Å². The van der Waals surface area contributed by atoms with Crippen molar-refractivity contribution in [3.63, 3.8) is 0 Å². The molecule has 1 unspecified atom stereocenters. The summed E-state index contributed by atoms with van der Waals surface area (Å²) in [5.74, 6) is -1.15. The van der Waals surface area contributed by atoms with Crippen molar-refractivity contribution < 1.29 is 15.0 Å². The van der Waals surface area contributed by atoms with E-state index in [9.17, 15) is 9.90 Å². The van der Waals surface area contributed by atoms with E-state index in [2.05, 4.69) is 0 Å². The van der Waals surface area contributed by atoms with Crippen molar-refractivity contribution in [3.05, 3.63) is 0 Å². The van der Waals surface area contributed by atoms with Crippen molar-refractivity contribution in [2.24, 2.45) is 5.92 Å². The lowest BCUT2D eigenvalue weighted by Crippen LogP contribution is -2.43. The van der Waals surface area contributed by atoms with E-state index in [-0.39, 0.29) is 5.92 Å². The first-order valence-corrected chi connectivity index (χ1v) is 5.51. The second-order valence-electron chi connectivity index (χ2n) is 4.49. The van der Waals surface area contributed by atoms with Crippen LogP contribution in [0.25, 0.3) is 0 Å². The molecule has 0 heterocycles. The van der Waals surface area contributed by atoms with Crippen molar-refractivity contribution in [2.75, 3.05) is 0 Å². The summed E-state index contributed by atoms with van der Waals surface area (Å²) in [5, 5.41) is 18.7. The van der Waals surface area contributed by atoms with Gasteiger partial charge >= 0.3 is 5.97 Å². The van der Waals surface area contributed by atoms with Gasteiger partial charge in [-0.15, -0.1) is 0 Å². The number of aliphatic carboxylic acids is 1. The molecule has 0 spiro atoms. The summed E-state index contributed by atoms with van der Waals surface area (Å²) in [5.41, 5.74) is -1.53. The Kier molecular flexibility index (Phi) is 3.93. The smallest absolute Gasteiger partial charge is 0.335 e. The average molecular weight is 200 g/mol. The van der Waals surface area contributed by atoms with Crippen LogP contribution in [0.1, 0.15) is 51.9 Å². The van der Waals surface area contributed by atoms with E-state index in [0.29, 0.717) is 0 Å². The zero-order valence-electron chi connectivity index (χ0n) is 8.83. The van der Waals surface area contributed by atoms with Gasteiger partial charge in [-0.2, -0.15) is 0 Å².